The van der Waals surface area contributed by atoms with Crippen LogP contribution in [0.5, 0.6) is 5.19 Å². The molecule has 0 aromatic carbocycles. The van der Waals surface area contributed by atoms with E-state index < -0.39 is 6.10 Å². The van der Waals surface area contributed by atoms with E-state index in [1.165, 1.54) is 11.3 Å². The number of methoxy groups -OCH3 is 1. The molecule has 1 N–H and O–H groups in total. The van der Waals surface area contributed by atoms with Gasteiger partial charge in [-0.2, -0.15) is 0 Å². The fraction of sp³-hybridized carbons (Fsp3) is 0.667. The van der Waals surface area contributed by atoms with Crippen molar-refractivity contribution in [2.45, 2.75) is 25.0 Å². The summed E-state index contributed by atoms with van der Waals surface area (Å²) >= 11 is 1.39. The molecule has 2 heterocycles. The summed E-state index contributed by atoms with van der Waals surface area (Å²) in [5, 5.41) is 12.3. The molecule has 1 fully saturated rings. The van der Waals surface area contributed by atoms with Gasteiger partial charge in [0.05, 0.1) is 18.9 Å². The van der Waals surface area contributed by atoms with Gasteiger partial charge in [-0.05, 0) is 12.8 Å². The molecule has 2 atom stereocenters. The minimum atomic E-state index is -0.613. The van der Waals surface area contributed by atoms with Gasteiger partial charge in [0, 0.05) is 12.0 Å². The average molecular weight is 215 g/mol. The van der Waals surface area contributed by atoms with Crippen molar-refractivity contribution in [3.63, 3.8) is 0 Å². The number of hydrogen-bond donors (Lipinski definition) is 1. The lowest BCUT2D eigenvalue weighted by molar-refractivity contribution is -0.00455. The number of aromatic nitrogens is 1. The minimum absolute atomic E-state index is 0.0955. The molecule has 2 unspecified atom stereocenters. The molecule has 1 saturated heterocycles. The zero-order valence-corrected chi connectivity index (χ0v) is 8.79. The number of aliphatic hydroxyl groups is 1. The Kier molecular flexibility index (Phi) is 3.00. The highest BCUT2D eigenvalue weighted by Crippen LogP contribution is 2.29. The molecule has 5 heteroatoms. The standard InChI is InChI=1S/C9H13NO3S/c1-12-9-10-6(5-14-9)8(11)7-3-2-4-13-7/h5,7-8,11H,2-4H2,1H3. The number of thiazole rings is 1. The maximum Gasteiger partial charge on any atom is 0.273 e. The van der Waals surface area contributed by atoms with E-state index >= 15 is 0 Å². The van der Waals surface area contributed by atoms with Crippen LogP contribution in [0.4, 0.5) is 0 Å². The summed E-state index contributed by atoms with van der Waals surface area (Å²) in [6.45, 7) is 0.739. The van der Waals surface area contributed by atoms with E-state index in [-0.39, 0.29) is 6.10 Å². The Morgan fingerprint density at radius 3 is 3.21 bits per heavy atom. The lowest BCUT2D eigenvalue weighted by atomic mass is 10.1. The van der Waals surface area contributed by atoms with Gasteiger partial charge < -0.3 is 14.6 Å². The van der Waals surface area contributed by atoms with Crippen LogP contribution < -0.4 is 4.74 Å². The molecule has 1 aromatic rings. The summed E-state index contributed by atoms with van der Waals surface area (Å²) in [6, 6.07) is 0. The minimum Gasteiger partial charge on any atom is -0.473 e. The van der Waals surface area contributed by atoms with Gasteiger partial charge in [0.15, 0.2) is 0 Å². The van der Waals surface area contributed by atoms with Crippen LogP contribution in [-0.2, 0) is 4.74 Å². The SMILES string of the molecule is COc1nc(C(O)C2CCCO2)cs1. The number of rotatable bonds is 3. The smallest absolute Gasteiger partial charge is 0.273 e. The van der Waals surface area contributed by atoms with Gasteiger partial charge in [0.2, 0.25) is 0 Å². The molecule has 4 nitrogen and oxygen atoms in total. The molecule has 0 amide bonds. The number of nitrogens with zero attached hydrogens (tertiary/aromatic N) is 1. The number of hydrogen-bond acceptors (Lipinski definition) is 5. The van der Waals surface area contributed by atoms with Gasteiger partial charge in [0.1, 0.15) is 6.10 Å². The summed E-state index contributed by atoms with van der Waals surface area (Å²) in [6.07, 6.45) is 1.21. The van der Waals surface area contributed by atoms with Crippen molar-refractivity contribution in [3.8, 4) is 5.19 Å². The average Bonchev–Trinajstić information content (AvgIpc) is 2.88. The first kappa shape index (κ1) is 9.89. The molecular weight excluding hydrogens is 202 g/mol. The normalized spacial score (nSPS) is 23.7. The fourth-order valence-electron chi connectivity index (χ4n) is 1.54. The van der Waals surface area contributed by atoms with Crippen LogP contribution in [0.2, 0.25) is 0 Å². The zero-order valence-electron chi connectivity index (χ0n) is 7.97. The van der Waals surface area contributed by atoms with Crippen molar-refractivity contribution in [2.75, 3.05) is 13.7 Å². The maximum absolute atomic E-state index is 9.89. The Morgan fingerprint density at radius 1 is 1.79 bits per heavy atom. The second-order valence-electron chi connectivity index (χ2n) is 3.24. The lowest BCUT2D eigenvalue weighted by Gasteiger charge is -2.14. The van der Waals surface area contributed by atoms with Crippen molar-refractivity contribution in [3.05, 3.63) is 11.1 Å². The largest absolute Gasteiger partial charge is 0.473 e. The van der Waals surface area contributed by atoms with Crippen LogP contribution in [0.1, 0.15) is 24.6 Å². The van der Waals surface area contributed by atoms with Crippen molar-refractivity contribution >= 4 is 11.3 Å². The van der Waals surface area contributed by atoms with Gasteiger partial charge in [-0.25, -0.2) is 4.98 Å². The van der Waals surface area contributed by atoms with Crippen LogP contribution >= 0.6 is 11.3 Å². The molecule has 78 valence electrons. The first-order valence-corrected chi connectivity index (χ1v) is 5.48. The predicted octanol–water partition coefficient (Wildman–Crippen LogP) is 1.36. The van der Waals surface area contributed by atoms with Crippen LogP contribution in [0.3, 0.4) is 0 Å². The number of aliphatic hydroxyl groups excluding tert-OH is 1. The Morgan fingerprint density at radius 2 is 2.64 bits per heavy atom. The van der Waals surface area contributed by atoms with Gasteiger partial charge in [-0.1, -0.05) is 11.3 Å². The summed E-state index contributed by atoms with van der Waals surface area (Å²) in [5.74, 6) is 0. The third-order valence-corrected chi connectivity index (χ3v) is 3.11. The lowest BCUT2D eigenvalue weighted by Crippen LogP contribution is -2.17. The molecule has 0 bridgehead atoms. The third kappa shape index (κ3) is 1.89. The quantitative estimate of drug-likeness (QED) is 0.827. The molecule has 0 spiro atoms. The van der Waals surface area contributed by atoms with Crippen molar-refractivity contribution in [1.82, 2.24) is 4.98 Å². The molecule has 0 radical (unpaired) electrons. The molecule has 1 aliphatic rings. The van der Waals surface area contributed by atoms with E-state index in [0.29, 0.717) is 10.9 Å². The van der Waals surface area contributed by atoms with Gasteiger partial charge in [-0.15, -0.1) is 0 Å². The number of ether oxygens (including phenoxy) is 2. The van der Waals surface area contributed by atoms with E-state index in [9.17, 15) is 5.11 Å². The van der Waals surface area contributed by atoms with Crippen LogP contribution in [0.15, 0.2) is 5.38 Å². The molecule has 2 rings (SSSR count). The Labute approximate surface area is 86.5 Å². The van der Waals surface area contributed by atoms with E-state index in [4.69, 9.17) is 9.47 Å². The molecular formula is C9H13NO3S. The Balaban J connectivity index is 2.05. The van der Waals surface area contributed by atoms with Gasteiger partial charge in [-0.3, -0.25) is 0 Å². The highest BCUT2D eigenvalue weighted by molar-refractivity contribution is 7.11. The van der Waals surface area contributed by atoms with Crippen molar-refractivity contribution in [2.24, 2.45) is 0 Å². The van der Waals surface area contributed by atoms with Crippen LogP contribution in [0, 0.1) is 0 Å². The molecule has 1 aliphatic heterocycles. The van der Waals surface area contributed by atoms with E-state index in [2.05, 4.69) is 4.98 Å². The summed E-state index contributed by atoms with van der Waals surface area (Å²) in [5.41, 5.74) is 0.652. The topological polar surface area (TPSA) is 51.6 Å². The Hall–Kier alpha value is -0.650. The second kappa shape index (κ2) is 4.25. The highest BCUT2D eigenvalue weighted by Gasteiger charge is 2.27. The molecule has 0 saturated carbocycles. The zero-order chi connectivity index (χ0) is 9.97. The molecule has 14 heavy (non-hydrogen) atoms. The van der Waals surface area contributed by atoms with Crippen molar-refractivity contribution < 1.29 is 14.6 Å². The van der Waals surface area contributed by atoms with Crippen molar-refractivity contribution in [1.29, 1.82) is 0 Å². The monoisotopic (exact) mass is 215 g/mol. The summed E-state index contributed by atoms with van der Waals surface area (Å²) in [7, 11) is 1.57. The highest BCUT2D eigenvalue weighted by atomic mass is 32.1. The molecule has 1 aromatic heterocycles. The van der Waals surface area contributed by atoms with Gasteiger partial charge in [0.25, 0.3) is 5.19 Å². The first-order chi connectivity index (χ1) is 6.81. The van der Waals surface area contributed by atoms with E-state index in [1.54, 1.807) is 7.11 Å². The maximum atomic E-state index is 9.89. The van der Waals surface area contributed by atoms with E-state index in [1.807, 2.05) is 5.38 Å². The molecule has 0 aliphatic carbocycles. The predicted molar refractivity (Wildman–Crippen MR) is 52.6 cm³/mol. The Bertz CT molecular complexity index is 296. The summed E-state index contributed by atoms with van der Waals surface area (Å²) < 4.78 is 10.3. The first-order valence-electron chi connectivity index (χ1n) is 4.60. The van der Waals surface area contributed by atoms with E-state index in [0.717, 1.165) is 19.4 Å². The second-order valence-corrected chi connectivity index (χ2v) is 4.06. The van der Waals surface area contributed by atoms with Crippen LogP contribution in [0.25, 0.3) is 0 Å². The van der Waals surface area contributed by atoms with Gasteiger partial charge >= 0.3 is 0 Å². The van der Waals surface area contributed by atoms with Crippen LogP contribution in [-0.4, -0.2) is 29.9 Å². The third-order valence-electron chi connectivity index (χ3n) is 2.30. The fourth-order valence-corrected chi connectivity index (χ4v) is 2.21. The summed E-state index contributed by atoms with van der Waals surface area (Å²) in [4.78, 5) is 4.14.